The minimum atomic E-state index is -1.48. The third-order valence-corrected chi connectivity index (χ3v) is 4.67. The van der Waals surface area contributed by atoms with Crippen molar-refractivity contribution in [3.05, 3.63) is 34.7 Å². The molecule has 1 fully saturated rings. The summed E-state index contributed by atoms with van der Waals surface area (Å²) in [6.07, 6.45) is -7.50. The van der Waals surface area contributed by atoms with E-state index in [1.54, 1.807) is 12.1 Å². The quantitative estimate of drug-likeness (QED) is 0.210. The third kappa shape index (κ3) is 4.67. The highest BCUT2D eigenvalue weighted by molar-refractivity contribution is 5.67. The Kier molecular flexibility index (Phi) is 7.14. The Bertz CT molecular complexity index is 855. The van der Waals surface area contributed by atoms with Crippen molar-refractivity contribution in [2.24, 2.45) is 0 Å². The number of hydrogen-bond acceptors (Lipinski definition) is 11. The van der Waals surface area contributed by atoms with Crippen LogP contribution in [-0.2, 0) is 14.2 Å². The van der Waals surface area contributed by atoms with Gasteiger partial charge in [0.1, 0.15) is 30.5 Å². The molecular weight excluding hydrogens is 404 g/mol. The molecule has 166 valence electrons. The normalized spacial score (nSPS) is 27.8. The van der Waals surface area contributed by atoms with E-state index in [1.807, 2.05) is 0 Å². The first-order chi connectivity index (χ1) is 14.3. The molecule has 1 saturated heterocycles. The van der Waals surface area contributed by atoms with Gasteiger partial charge in [-0.1, -0.05) is 12.1 Å². The second kappa shape index (κ2) is 9.61. The number of aromatic nitrogens is 3. The van der Waals surface area contributed by atoms with Crippen molar-refractivity contribution in [1.82, 2.24) is 5.10 Å². The lowest BCUT2D eigenvalue weighted by Crippen LogP contribution is -2.59. The Morgan fingerprint density at radius 1 is 1.17 bits per heavy atom. The van der Waals surface area contributed by atoms with Crippen LogP contribution in [0.25, 0.3) is 11.0 Å². The topological polar surface area (TPSA) is 187 Å². The molecule has 6 atom stereocenters. The summed E-state index contributed by atoms with van der Waals surface area (Å²) in [5.74, 6) is -0.283. The fourth-order valence-corrected chi connectivity index (χ4v) is 3.04. The zero-order valence-electron chi connectivity index (χ0n) is 16.1. The molecule has 5 N–H and O–H groups in total. The number of aliphatic hydroxyl groups is 4. The molecule has 0 aliphatic carbocycles. The molecule has 13 heteroatoms. The van der Waals surface area contributed by atoms with Crippen LogP contribution >= 0.6 is 0 Å². The number of methoxy groups -OCH3 is 1. The third-order valence-electron chi connectivity index (χ3n) is 4.67. The number of aliphatic hydroxyl groups excluding tert-OH is 4. The number of fused-ring (bicyclic) bond motifs is 1. The molecule has 13 nitrogen and oxygen atoms in total. The Morgan fingerprint density at radius 3 is 2.57 bits per heavy atom. The molecule has 0 bridgehead atoms. The summed E-state index contributed by atoms with van der Waals surface area (Å²) in [5, 5.41) is 69.9. The molecule has 1 aromatic heterocycles. The highest BCUT2D eigenvalue weighted by atomic mass is 16.7. The van der Waals surface area contributed by atoms with Gasteiger partial charge in [0.15, 0.2) is 11.8 Å². The van der Waals surface area contributed by atoms with Gasteiger partial charge in [-0.2, -0.15) is 0 Å². The van der Waals surface area contributed by atoms with Gasteiger partial charge in [-0.3, -0.25) is 5.32 Å². The van der Waals surface area contributed by atoms with E-state index in [2.05, 4.69) is 10.4 Å². The fraction of sp³-hybridized carbons (Fsp3) is 0.588. The zero-order valence-corrected chi connectivity index (χ0v) is 16.1. The molecule has 0 amide bonds. The minimum absolute atomic E-state index is 0.106. The van der Waals surface area contributed by atoms with Crippen molar-refractivity contribution in [2.75, 3.05) is 32.2 Å². The van der Waals surface area contributed by atoms with Gasteiger partial charge in [0.25, 0.3) is 5.52 Å². The van der Waals surface area contributed by atoms with E-state index in [-0.39, 0.29) is 36.7 Å². The van der Waals surface area contributed by atoms with Gasteiger partial charge < -0.3 is 45.1 Å². The van der Waals surface area contributed by atoms with E-state index in [1.165, 1.54) is 19.2 Å². The lowest BCUT2D eigenvalue weighted by molar-refractivity contribution is -0.672. The first kappa shape index (κ1) is 22.3. The van der Waals surface area contributed by atoms with E-state index in [0.717, 1.165) is 0 Å². The summed E-state index contributed by atoms with van der Waals surface area (Å²) >= 11 is 0. The molecule has 0 saturated carbocycles. The first-order valence-corrected chi connectivity index (χ1v) is 9.17. The standard InChI is InChI=1S/C17H24N4O9/c1-28-16-15(25)14(24)13(23)12(30-16)8-29-7-9(22)6-18-17-19-21(27)11-5-3-2-4-10(11)20(17)26/h2-5,9,12-16,22-25H,6-8H2,1H3,(H,18,19). The van der Waals surface area contributed by atoms with Gasteiger partial charge in [-0.05, 0) is 6.07 Å². The van der Waals surface area contributed by atoms with Gasteiger partial charge in [-0.25, -0.2) is 4.73 Å². The Hall–Kier alpha value is -2.39. The number of benzene rings is 1. The lowest BCUT2D eigenvalue weighted by atomic mass is 9.99. The van der Waals surface area contributed by atoms with Crippen molar-refractivity contribution in [3.63, 3.8) is 0 Å². The van der Waals surface area contributed by atoms with Crippen LogP contribution in [0.4, 0.5) is 5.95 Å². The number of para-hydroxylation sites is 2. The van der Waals surface area contributed by atoms with E-state index >= 15 is 0 Å². The van der Waals surface area contributed by atoms with Crippen molar-refractivity contribution in [3.8, 4) is 0 Å². The summed E-state index contributed by atoms with van der Waals surface area (Å²) in [6, 6.07) is 6.14. The molecule has 0 radical (unpaired) electrons. The first-order valence-electron chi connectivity index (χ1n) is 9.17. The van der Waals surface area contributed by atoms with Crippen molar-refractivity contribution >= 4 is 17.0 Å². The van der Waals surface area contributed by atoms with E-state index in [0.29, 0.717) is 9.58 Å². The van der Waals surface area contributed by atoms with E-state index in [9.17, 15) is 30.8 Å². The molecule has 1 aliphatic rings. The van der Waals surface area contributed by atoms with Crippen LogP contribution in [0.2, 0.25) is 0 Å². The molecule has 30 heavy (non-hydrogen) atoms. The van der Waals surface area contributed by atoms with Crippen LogP contribution < -0.4 is 14.9 Å². The molecule has 6 unspecified atom stereocenters. The number of nitrogens with one attached hydrogen (secondary N) is 1. The van der Waals surface area contributed by atoms with Crippen molar-refractivity contribution in [2.45, 2.75) is 36.8 Å². The van der Waals surface area contributed by atoms with Crippen LogP contribution in [0.3, 0.4) is 0 Å². The van der Waals surface area contributed by atoms with Crippen LogP contribution in [0.15, 0.2) is 24.3 Å². The molecular formula is C17H24N4O9. The van der Waals surface area contributed by atoms with Gasteiger partial charge in [0.2, 0.25) is 5.10 Å². The predicted molar refractivity (Wildman–Crippen MR) is 98.7 cm³/mol. The van der Waals surface area contributed by atoms with Gasteiger partial charge >= 0.3 is 5.95 Å². The Morgan fingerprint density at radius 2 is 1.87 bits per heavy atom. The molecule has 1 aromatic carbocycles. The molecule has 2 aromatic rings. The number of rotatable bonds is 8. The Labute approximate surface area is 170 Å². The Balaban J connectivity index is 1.50. The average molecular weight is 428 g/mol. The average Bonchev–Trinajstić information content (AvgIpc) is 2.75. The van der Waals surface area contributed by atoms with E-state index in [4.69, 9.17) is 14.2 Å². The highest BCUT2D eigenvalue weighted by Gasteiger charge is 2.44. The number of hydrogen-bond donors (Lipinski definition) is 5. The summed E-state index contributed by atoms with van der Waals surface area (Å²) in [6.45, 7) is -0.554. The molecule has 1 aliphatic heterocycles. The van der Waals surface area contributed by atoms with Crippen LogP contribution in [0.1, 0.15) is 0 Å². The number of ether oxygens (including phenoxy) is 3. The smallest absolute Gasteiger partial charge is 0.461 e. The number of anilines is 1. The van der Waals surface area contributed by atoms with Gasteiger partial charge in [0, 0.05) is 18.0 Å². The van der Waals surface area contributed by atoms with Gasteiger partial charge in [0.05, 0.1) is 19.8 Å². The van der Waals surface area contributed by atoms with Crippen LogP contribution in [0, 0.1) is 10.4 Å². The monoisotopic (exact) mass is 428 g/mol. The SMILES string of the molecule is COC1OC(COCC(O)CNc2n[n+]([O-])c3ccccc3[n+]2[O-])C(O)C(O)C1O. The second-order valence-electron chi connectivity index (χ2n) is 6.80. The highest BCUT2D eigenvalue weighted by Crippen LogP contribution is 2.21. The maximum atomic E-state index is 12.3. The van der Waals surface area contributed by atoms with Crippen molar-refractivity contribution < 1.29 is 44.2 Å². The maximum absolute atomic E-state index is 12.3. The van der Waals surface area contributed by atoms with Crippen LogP contribution in [-0.4, -0.2) is 89.2 Å². The predicted octanol–water partition coefficient (Wildman–Crippen LogP) is -3.25. The minimum Gasteiger partial charge on any atom is -0.739 e. The zero-order chi connectivity index (χ0) is 21.8. The summed E-state index contributed by atoms with van der Waals surface area (Å²) in [4.78, 5) is 0.308. The van der Waals surface area contributed by atoms with E-state index < -0.39 is 36.8 Å². The summed E-state index contributed by atoms with van der Waals surface area (Å²) < 4.78 is 16.0. The molecule has 3 rings (SSSR count). The largest absolute Gasteiger partial charge is 0.739 e. The summed E-state index contributed by atoms with van der Waals surface area (Å²) in [7, 11) is 1.28. The van der Waals surface area contributed by atoms with Crippen molar-refractivity contribution in [1.29, 1.82) is 0 Å². The fourth-order valence-electron chi connectivity index (χ4n) is 3.04. The number of nitrogens with zero attached hydrogens (tertiary/aromatic N) is 3. The maximum Gasteiger partial charge on any atom is 0.461 e. The lowest BCUT2D eigenvalue weighted by Gasteiger charge is -2.39. The van der Waals surface area contributed by atoms with Gasteiger partial charge in [-0.15, -0.1) is 0 Å². The molecule has 0 spiro atoms. The molecule has 2 heterocycles. The van der Waals surface area contributed by atoms with Crippen LogP contribution in [0.5, 0.6) is 0 Å². The second-order valence-corrected chi connectivity index (χ2v) is 6.80. The summed E-state index contributed by atoms with van der Waals surface area (Å²) in [5.41, 5.74) is 0.224.